The number of carbonyl (C=O) groups excluding carboxylic acids is 2. The fourth-order valence-corrected chi connectivity index (χ4v) is 1.94. The third-order valence-corrected chi connectivity index (χ3v) is 3.15. The molecule has 3 rings (SSSR count). The van der Waals surface area contributed by atoms with E-state index in [2.05, 4.69) is 0 Å². The smallest absolute Gasteiger partial charge is 0.144 e. The monoisotopic (exact) mass is 164 g/mol. The molecule has 0 aliphatic heterocycles. The molecule has 2 heteroatoms. The summed E-state index contributed by atoms with van der Waals surface area (Å²) in [6.07, 6.45) is 4.61. The van der Waals surface area contributed by atoms with Gasteiger partial charge in [0.15, 0.2) is 0 Å². The van der Waals surface area contributed by atoms with Gasteiger partial charge in [-0.05, 0) is 13.8 Å². The van der Waals surface area contributed by atoms with Crippen LogP contribution in [0.25, 0.3) is 0 Å². The number of carbonyl (C=O) groups is 2. The van der Waals surface area contributed by atoms with Crippen molar-refractivity contribution >= 4 is 11.6 Å². The molecule has 1 fully saturated rings. The Labute approximate surface area is 71.6 Å². The average molecular weight is 164 g/mol. The lowest BCUT2D eigenvalue weighted by Crippen LogP contribution is -2.47. The minimum absolute atomic E-state index is 0.215. The average Bonchev–Trinajstić information content (AvgIpc) is 1.96. The van der Waals surface area contributed by atoms with E-state index in [9.17, 15) is 9.59 Å². The van der Waals surface area contributed by atoms with E-state index in [1.165, 1.54) is 0 Å². The quantitative estimate of drug-likeness (QED) is 0.508. The molecule has 2 unspecified atom stereocenters. The molecule has 0 aromatic heterocycles. The van der Waals surface area contributed by atoms with Gasteiger partial charge in [0.05, 0.1) is 10.8 Å². The standard InChI is InChI=1S/C10H12O2/c1-9-3-4-10(2,6-7(9)11)8(12)5-9/h3-4H,5-6H2,1-2H3. The Bertz CT molecular complexity index is 273. The van der Waals surface area contributed by atoms with E-state index in [1.54, 1.807) is 0 Å². The van der Waals surface area contributed by atoms with E-state index in [4.69, 9.17) is 0 Å². The highest BCUT2D eigenvalue weighted by Gasteiger charge is 2.50. The Hall–Kier alpha value is -0.920. The number of allylic oxidation sites excluding steroid dienone is 2. The number of hydrogen-bond acceptors (Lipinski definition) is 2. The van der Waals surface area contributed by atoms with Crippen molar-refractivity contribution in [3.05, 3.63) is 12.2 Å². The van der Waals surface area contributed by atoms with Crippen LogP contribution >= 0.6 is 0 Å². The van der Waals surface area contributed by atoms with Gasteiger partial charge in [-0.1, -0.05) is 12.2 Å². The van der Waals surface area contributed by atoms with Gasteiger partial charge in [-0.3, -0.25) is 9.59 Å². The largest absolute Gasteiger partial charge is 0.299 e. The molecule has 0 spiro atoms. The number of hydrogen-bond donors (Lipinski definition) is 0. The van der Waals surface area contributed by atoms with E-state index in [-0.39, 0.29) is 11.6 Å². The first-order valence-corrected chi connectivity index (χ1v) is 4.23. The van der Waals surface area contributed by atoms with Crippen LogP contribution in [0.15, 0.2) is 12.2 Å². The van der Waals surface area contributed by atoms with Crippen molar-refractivity contribution in [1.82, 2.24) is 0 Å². The Kier molecular flexibility index (Phi) is 1.20. The maximum Gasteiger partial charge on any atom is 0.144 e. The third kappa shape index (κ3) is 0.752. The molecule has 0 aromatic carbocycles. The summed E-state index contributed by atoms with van der Waals surface area (Å²) >= 11 is 0. The molecule has 2 nitrogen and oxygen atoms in total. The predicted octanol–water partition coefficient (Wildman–Crippen LogP) is 1.50. The minimum atomic E-state index is -0.477. The maximum atomic E-state index is 11.5. The normalized spacial score (nSPS) is 45.5. The van der Waals surface area contributed by atoms with Gasteiger partial charge < -0.3 is 0 Å². The predicted molar refractivity (Wildman–Crippen MR) is 44.6 cm³/mol. The highest BCUT2D eigenvalue weighted by Crippen LogP contribution is 2.47. The van der Waals surface area contributed by atoms with Crippen molar-refractivity contribution in [2.24, 2.45) is 10.8 Å². The molecule has 2 bridgehead atoms. The lowest BCUT2D eigenvalue weighted by molar-refractivity contribution is -0.144. The Morgan fingerprint density at radius 2 is 1.33 bits per heavy atom. The van der Waals surface area contributed by atoms with Crippen LogP contribution < -0.4 is 0 Å². The van der Waals surface area contributed by atoms with Gasteiger partial charge in [-0.2, -0.15) is 0 Å². The van der Waals surface area contributed by atoms with Gasteiger partial charge >= 0.3 is 0 Å². The van der Waals surface area contributed by atoms with Crippen LogP contribution in [0, 0.1) is 10.8 Å². The molecule has 0 amide bonds. The van der Waals surface area contributed by atoms with Crippen LogP contribution in [0.3, 0.4) is 0 Å². The number of ketones is 2. The first-order chi connectivity index (χ1) is 5.46. The van der Waals surface area contributed by atoms with Gasteiger partial charge in [0.25, 0.3) is 0 Å². The van der Waals surface area contributed by atoms with E-state index in [0.717, 1.165) is 0 Å². The van der Waals surface area contributed by atoms with Crippen LogP contribution in [0.4, 0.5) is 0 Å². The molecule has 2 atom stereocenters. The van der Waals surface area contributed by atoms with Gasteiger partial charge in [-0.15, -0.1) is 0 Å². The van der Waals surface area contributed by atoms with Crippen molar-refractivity contribution in [1.29, 1.82) is 0 Å². The number of fused-ring (bicyclic) bond motifs is 2. The molecule has 0 N–H and O–H groups in total. The van der Waals surface area contributed by atoms with Crippen LogP contribution in [0.1, 0.15) is 26.7 Å². The second-order valence-corrected chi connectivity index (χ2v) is 4.37. The lowest BCUT2D eigenvalue weighted by atomic mass is 9.58. The fourth-order valence-electron chi connectivity index (χ4n) is 1.94. The third-order valence-electron chi connectivity index (χ3n) is 3.15. The van der Waals surface area contributed by atoms with Crippen molar-refractivity contribution in [2.75, 3.05) is 0 Å². The van der Waals surface area contributed by atoms with E-state index < -0.39 is 10.8 Å². The summed E-state index contributed by atoms with van der Waals surface area (Å²) in [6.45, 7) is 3.70. The molecule has 0 saturated heterocycles. The van der Waals surface area contributed by atoms with Crippen LogP contribution in [0.5, 0.6) is 0 Å². The number of Topliss-reactive ketones (excluding diaryl/α,β-unsaturated/α-hetero) is 2. The molecule has 0 aromatic rings. The Balaban J connectivity index is 2.54. The molecule has 0 heterocycles. The molecule has 64 valence electrons. The van der Waals surface area contributed by atoms with Crippen LogP contribution in [-0.2, 0) is 9.59 Å². The first kappa shape index (κ1) is 7.71. The zero-order valence-electron chi connectivity index (χ0n) is 7.39. The minimum Gasteiger partial charge on any atom is -0.299 e. The molecule has 3 aliphatic carbocycles. The Morgan fingerprint density at radius 3 is 1.58 bits per heavy atom. The van der Waals surface area contributed by atoms with E-state index in [0.29, 0.717) is 12.8 Å². The van der Waals surface area contributed by atoms with Gasteiger partial charge in [0.2, 0.25) is 0 Å². The topological polar surface area (TPSA) is 34.1 Å². The summed E-state index contributed by atoms with van der Waals surface area (Å²) in [7, 11) is 0. The van der Waals surface area contributed by atoms with Crippen molar-refractivity contribution < 1.29 is 9.59 Å². The summed E-state index contributed by atoms with van der Waals surface area (Å²) in [5.74, 6) is 0.430. The first-order valence-electron chi connectivity index (χ1n) is 4.23. The summed E-state index contributed by atoms with van der Waals surface area (Å²) < 4.78 is 0. The van der Waals surface area contributed by atoms with Crippen molar-refractivity contribution in [3.63, 3.8) is 0 Å². The van der Waals surface area contributed by atoms with E-state index in [1.807, 2.05) is 26.0 Å². The zero-order valence-corrected chi connectivity index (χ0v) is 7.39. The molecular weight excluding hydrogens is 152 g/mol. The highest BCUT2D eigenvalue weighted by molar-refractivity contribution is 6.04. The molecule has 12 heavy (non-hydrogen) atoms. The van der Waals surface area contributed by atoms with Gasteiger partial charge in [0, 0.05) is 12.8 Å². The highest BCUT2D eigenvalue weighted by atomic mass is 16.1. The van der Waals surface area contributed by atoms with Crippen LogP contribution in [-0.4, -0.2) is 11.6 Å². The van der Waals surface area contributed by atoms with Crippen molar-refractivity contribution in [2.45, 2.75) is 26.7 Å². The number of rotatable bonds is 0. The second kappa shape index (κ2) is 1.87. The molecule has 0 radical (unpaired) electrons. The lowest BCUT2D eigenvalue weighted by Gasteiger charge is -2.42. The molecule has 3 aliphatic rings. The fraction of sp³-hybridized carbons (Fsp3) is 0.600. The van der Waals surface area contributed by atoms with Crippen molar-refractivity contribution in [3.8, 4) is 0 Å². The summed E-state index contributed by atoms with van der Waals surface area (Å²) in [4.78, 5) is 23.0. The molecular formula is C10H12O2. The zero-order chi connectivity index (χ0) is 8.98. The maximum absolute atomic E-state index is 11.5. The van der Waals surface area contributed by atoms with E-state index >= 15 is 0 Å². The van der Waals surface area contributed by atoms with Crippen LogP contribution in [0.2, 0.25) is 0 Å². The van der Waals surface area contributed by atoms with Gasteiger partial charge in [-0.25, -0.2) is 0 Å². The Morgan fingerprint density at radius 1 is 1.00 bits per heavy atom. The SMILES string of the molecule is CC12C=CC(C)(CC1=O)C(=O)C2. The second-order valence-electron chi connectivity index (χ2n) is 4.37. The summed E-state index contributed by atoms with van der Waals surface area (Å²) in [5, 5.41) is 0. The van der Waals surface area contributed by atoms with Gasteiger partial charge in [0.1, 0.15) is 11.6 Å². The summed E-state index contributed by atoms with van der Waals surface area (Å²) in [5.41, 5.74) is -0.955. The summed E-state index contributed by atoms with van der Waals surface area (Å²) in [6, 6.07) is 0. The molecule has 1 saturated carbocycles.